The molecule has 0 spiro atoms. The lowest BCUT2D eigenvalue weighted by atomic mass is 10.2. The lowest BCUT2D eigenvalue weighted by Crippen LogP contribution is -2.54. The van der Waals surface area contributed by atoms with Gasteiger partial charge in [-0.1, -0.05) is 0 Å². The summed E-state index contributed by atoms with van der Waals surface area (Å²) >= 11 is 4.33. The average molecular weight is 419 g/mol. The quantitative estimate of drug-likeness (QED) is 0.765. The molecule has 1 saturated heterocycles. The predicted octanol–water partition coefficient (Wildman–Crippen LogP) is 1.03. The SMILES string of the molecule is CC1CNCCN1C(=O)CNS(=O)(=O)c1ccc(Br)s1.Cl. The summed E-state index contributed by atoms with van der Waals surface area (Å²) in [6.07, 6.45) is 0. The zero-order valence-electron chi connectivity index (χ0n) is 11.3. The van der Waals surface area contributed by atoms with Crippen molar-refractivity contribution in [2.75, 3.05) is 26.2 Å². The molecule has 120 valence electrons. The highest BCUT2D eigenvalue weighted by Gasteiger charge is 2.25. The van der Waals surface area contributed by atoms with Crippen LogP contribution in [-0.2, 0) is 14.8 Å². The summed E-state index contributed by atoms with van der Waals surface area (Å²) in [5, 5.41) is 3.18. The van der Waals surface area contributed by atoms with Crippen molar-refractivity contribution in [3.8, 4) is 0 Å². The van der Waals surface area contributed by atoms with Crippen molar-refractivity contribution in [3.05, 3.63) is 15.9 Å². The fourth-order valence-electron chi connectivity index (χ4n) is 1.98. The first-order chi connectivity index (χ1) is 9.40. The largest absolute Gasteiger partial charge is 0.336 e. The maximum Gasteiger partial charge on any atom is 0.250 e. The number of hydrogen-bond acceptors (Lipinski definition) is 5. The number of nitrogens with one attached hydrogen (secondary N) is 2. The van der Waals surface area contributed by atoms with E-state index in [1.54, 1.807) is 11.0 Å². The van der Waals surface area contributed by atoms with E-state index in [9.17, 15) is 13.2 Å². The van der Waals surface area contributed by atoms with Crippen LogP contribution in [0.4, 0.5) is 0 Å². The van der Waals surface area contributed by atoms with Crippen molar-refractivity contribution in [3.63, 3.8) is 0 Å². The van der Waals surface area contributed by atoms with Crippen LogP contribution in [0.5, 0.6) is 0 Å². The van der Waals surface area contributed by atoms with E-state index in [4.69, 9.17) is 0 Å². The van der Waals surface area contributed by atoms with Crippen molar-refractivity contribution in [1.82, 2.24) is 14.9 Å². The Balaban J connectivity index is 0.00000220. The average Bonchev–Trinajstić information content (AvgIpc) is 2.84. The van der Waals surface area contributed by atoms with E-state index >= 15 is 0 Å². The van der Waals surface area contributed by atoms with Gasteiger partial charge in [0, 0.05) is 25.7 Å². The van der Waals surface area contributed by atoms with E-state index in [-0.39, 0.29) is 35.1 Å². The molecule has 0 saturated carbocycles. The van der Waals surface area contributed by atoms with Crippen LogP contribution < -0.4 is 10.0 Å². The van der Waals surface area contributed by atoms with Gasteiger partial charge in [-0.15, -0.1) is 23.7 Å². The van der Waals surface area contributed by atoms with Gasteiger partial charge in [-0.3, -0.25) is 4.79 Å². The second kappa shape index (κ2) is 7.89. The number of rotatable bonds is 4. The molecule has 2 rings (SSSR count). The Hall–Kier alpha value is -0.190. The topological polar surface area (TPSA) is 78.5 Å². The number of amides is 1. The van der Waals surface area contributed by atoms with Crippen molar-refractivity contribution in [2.24, 2.45) is 0 Å². The lowest BCUT2D eigenvalue weighted by molar-refractivity contribution is -0.132. The Morgan fingerprint density at radius 1 is 1.57 bits per heavy atom. The number of piperazine rings is 1. The first-order valence-electron chi connectivity index (χ1n) is 6.15. The maximum absolute atomic E-state index is 12.1. The number of nitrogens with zero attached hydrogens (tertiary/aromatic N) is 1. The highest BCUT2D eigenvalue weighted by Crippen LogP contribution is 2.25. The Bertz CT molecular complexity index is 593. The van der Waals surface area contributed by atoms with Gasteiger partial charge in [-0.05, 0) is 35.0 Å². The fourth-order valence-corrected chi connectivity index (χ4v) is 5.01. The third-order valence-electron chi connectivity index (χ3n) is 3.05. The van der Waals surface area contributed by atoms with Crippen LogP contribution in [0.2, 0.25) is 0 Å². The van der Waals surface area contributed by atoms with Crippen LogP contribution in [-0.4, -0.2) is 51.4 Å². The lowest BCUT2D eigenvalue weighted by Gasteiger charge is -2.34. The summed E-state index contributed by atoms with van der Waals surface area (Å²) in [4.78, 5) is 13.8. The summed E-state index contributed by atoms with van der Waals surface area (Å²) in [6, 6.07) is 3.26. The van der Waals surface area contributed by atoms with Crippen LogP contribution in [0.25, 0.3) is 0 Å². The summed E-state index contributed by atoms with van der Waals surface area (Å²) in [5.41, 5.74) is 0. The van der Waals surface area contributed by atoms with Gasteiger partial charge in [0.2, 0.25) is 5.91 Å². The molecule has 1 atom stereocenters. The second-order valence-corrected chi connectivity index (χ2v) is 8.98. The van der Waals surface area contributed by atoms with E-state index in [1.807, 2.05) is 6.92 Å². The maximum atomic E-state index is 12.1. The monoisotopic (exact) mass is 417 g/mol. The molecular formula is C11H17BrClN3O3S2. The molecule has 21 heavy (non-hydrogen) atoms. The first-order valence-corrected chi connectivity index (χ1v) is 9.24. The van der Waals surface area contributed by atoms with E-state index in [2.05, 4.69) is 26.0 Å². The molecule has 0 bridgehead atoms. The molecule has 1 unspecified atom stereocenters. The highest BCUT2D eigenvalue weighted by molar-refractivity contribution is 9.11. The molecular weight excluding hydrogens is 402 g/mol. The molecule has 1 aliphatic rings. The third-order valence-corrected chi connectivity index (χ3v) is 6.57. The molecule has 1 aliphatic heterocycles. The molecule has 6 nitrogen and oxygen atoms in total. The molecule has 0 aliphatic carbocycles. The Kier molecular flexibility index (Phi) is 7.08. The minimum Gasteiger partial charge on any atom is -0.336 e. The molecule has 2 heterocycles. The smallest absolute Gasteiger partial charge is 0.250 e. The summed E-state index contributed by atoms with van der Waals surface area (Å²) in [7, 11) is -3.62. The van der Waals surface area contributed by atoms with Crippen LogP contribution >= 0.6 is 39.7 Å². The van der Waals surface area contributed by atoms with Gasteiger partial charge in [-0.25, -0.2) is 13.1 Å². The molecule has 10 heteroatoms. The minimum atomic E-state index is -3.62. The van der Waals surface area contributed by atoms with Crippen molar-refractivity contribution >= 4 is 55.6 Å². The van der Waals surface area contributed by atoms with Gasteiger partial charge in [-0.2, -0.15) is 0 Å². The second-order valence-electron chi connectivity index (χ2n) is 4.52. The Labute approximate surface area is 142 Å². The van der Waals surface area contributed by atoms with Crippen LogP contribution in [0.3, 0.4) is 0 Å². The zero-order chi connectivity index (χ0) is 14.8. The number of carbonyl (C=O) groups is 1. The zero-order valence-corrected chi connectivity index (χ0v) is 15.4. The van der Waals surface area contributed by atoms with Gasteiger partial charge >= 0.3 is 0 Å². The normalized spacial score (nSPS) is 19.1. The fraction of sp³-hybridized carbons (Fsp3) is 0.545. The van der Waals surface area contributed by atoms with Crippen molar-refractivity contribution in [2.45, 2.75) is 17.2 Å². The number of halogens is 2. The highest BCUT2D eigenvalue weighted by atomic mass is 79.9. The molecule has 0 aromatic carbocycles. The van der Waals surface area contributed by atoms with Crippen molar-refractivity contribution < 1.29 is 13.2 Å². The van der Waals surface area contributed by atoms with Gasteiger partial charge in [0.1, 0.15) is 4.21 Å². The van der Waals surface area contributed by atoms with Gasteiger partial charge in [0.25, 0.3) is 10.0 Å². The number of thiophene rings is 1. The third kappa shape index (κ3) is 4.90. The molecule has 1 aromatic heterocycles. The summed E-state index contributed by atoms with van der Waals surface area (Å²) < 4.78 is 27.3. The van der Waals surface area contributed by atoms with Gasteiger partial charge in [0.05, 0.1) is 10.3 Å². The van der Waals surface area contributed by atoms with Gasteiger partial charge in [0.15, 0.2) is 0 Å². The minimum absolute atomic E-state index is 0. The molecule has 1 fully saturated rings. The summed E-state index contributed by atoms with van der Waals surface area (Å²) in [6.45, 7) is 3.81. The number of carbonyl (C=O) groups excluding carboxylic acids is 1. The van der Waals surface area contributed by atoms with Crippen LogP contribution in [0.15, 0.2) is 20.1 Å². The van der Waals surface area contributed by atoms with E-state index in [1.165, 1.54) is 6.07 Å². The predicted molar refractivity (Wildman–Crippen MR) is 88.5 cm³/mol. The van der Waals surface area contributed by atoms with Crippen molar-refractivity contribution in [1.29, 1.82) is 0 Å². The Morgan fingerprint density at radius 2 is 2.29 bits per heavy atom. The summed E-state index contributed by atoms with van der Waals surface area (Å²) in [5.74, 6) is -0.196. The Morgan fingerprint density at radius 3 is 2.86 bits per heavy atom. The standard InChI is InChI=1S/C11H16BrN3O3S2.ClH/c1-8-6-13-4-5-15(8)10(16)7-14-20(17,18)11-3-2-9(12)19-11;/h2-3,8,13-14H,4-7H2,1H3;1H. The number of hydrogen-bond donors (Lipinski definition) is 2. The molecule has 2 N–H and O–H groups in total. The van der Waals surface area contributed by atoms with Crippen LogP contribution in [0.1, 0.15) is 6.92 Å². The molecule has 1 amide bonds. The first kappa shape index (κ1) is 18.9. The van der Waals surface area contributed by atoms with Crippen LogP contribution in [0, 0.1) is 0 Å². The molecule has 1 aromatic rings. The van der Waals surface area contributed by atoms with E-state index in [0.29, 0.717) is 6.54 Å². The van der Waals surface area contributed by atoms with Gasteiger partial charge < -0.3 is 10.2 Å². The molecule has 0 radical (unpaired) electrons. The van der Waals surface area contributed by atoms with E-state index in [0.717, 1.165) is 28.2 Å². The van der Waals surface area contributed by atoms with E-state index < -0.39 is 10.0 Å². The number of sulfonamides is 1.